The van der Waals surface area contributed by atoms with Gasteiger partial charge in [-0.25, -0.2) is 13.1 Å². The summed E-state index contributed by atoms with van der Waals surface area (Å²) in [5.74, 6) is 0.808. The van der Waals surface area contributed by atoms with E-state index in [1.54, 1.807) is 16.9 Å². The third-order valence-corrected chi connectivity index (χ3v) is 6.80. The minimum atomic E-state index is -3.70. The van der Waals surface area contributed by atoms with Crippen molar-refractivity contribution < 1.29 is 13.2 Å². The van der Waals surface area contributed by atoms with Crippen molar-refractivity contribution in [1.82, 2.24) is 19.7 Å². The SMILES string of the molecule is C[C@@H]1CCCN1CCCOc1ccc(-n2cc(NS(=O)(=O)c3cccnc3)cn2)cc1. The summed E-state index contributed by atoms with van der Waals surface area (Å²) < 4.78 is 34.8. The van der Waals surface area contributed by atoms with E-state index in [4.69, 9.17) is 4.74 Å². The molecule has 0 spiro atoms. The largest absolute Gasteiger partial charge is 0.494 e. The van der Waals surface area contributed by atoms with Crippen molar-refractivity contribution in [3.05, 3.63) is 61.2 Å². The number of pyridine rings is 1. The van der Waals surface area contributed by atoms with Gasteiger partial charge in [0, 0.05) is 25.0 Å². The van der Waals surface area contributed by atoms with Crippen molar-refractivity contribution in [1.29, 1.82) is 0 Å². The Morgan fingerprint density at radius 3 is 2.74 bits per heavy atom. The van der Waals surface area contributed by atoms with E-state index in [1.807, 2.05) is 24.3 Å². The van der Waals surface area contributed by atoms with Crippen LogP contribution >= 0.6 is 0 Å². The minimum Gasteiger partial charge on any atom is -0.494 e. The van der Waals surface area contributed by atoms with E-state index in [9.17, 15) is 8.42 Å². The predicted molar refractivity (Wildman–Crippen MR) is 119 cm³/mol. The third kappa shape index (κ3) is 5.42. The number of benzene rings is 1. The van der Waals surface area contributed by atoms with Gasteiger partial charge in [-0.15, -0.1) is 0 Å². The molecule has 31 heavy (non-hydrogen) atoms. The van der Waals surface area contributed by atoms with Gasteiger partial charge in [-0.05, 0) is 69.1 Å². The number of nitrogens with one attached hydrogen (secondary N) is 1. The van der Waals surface area contributed by atoms with E-state index in [0.717, 1.165) is 24.4 Å². The molecular weight excluding hydrogens is 414 g/mol. The van der Waals surface area contributed by atoms with Gasteiger partial charge in [0.2, 0.25) is 0 Å². The standard InChI is InChI=1S/C22H27N5O3S/c1-18-5-3-12-26(18)13-4-14-30-21-9-7-20(8-10-21)27-17-19(15-24-27)25-31(28,29)22-6-2-11-23-16-22/h2,6-11,15-18,25H,3-5,12-14H2,1H3/t18-/m1/s1. The molecule has 0 aliphatic carbocycles. The second-order valence-corrected chi connectivity index (χ2v) is 9.37. The molecule has 0 amide bonds. The van der Waals surface area contributed by atoms with Crippen LogP contribution in [-0.4, -0.2) is 53.8 Å². The van der Waals surface area contributed by atoms with Crippen molar-refractivity contribution in [2.75, 3.05) is 24.4 Å². The molecule has 0 saturated carbocycles. The van der Waals surface area contributed by atoms with Crippen molar-refractivity contribution in [3.63, 3.8) is 0 Å². The Kier molecular flexibility index (Phi) is 6.53. The smallest absolute Gasteiger partial charge is 0.263 e. The van der Waals surface area contributed by atoms with Crippen LogP contribution in [0.1, 0.15) is 26.2 Å². The molecule has 1 aliphatic heterocycles. The first-order valence-electron chi connectivity index (χ1n) is 10.5. The van der Waals surface area contributed by atoms with E-state index in [0.29, 0.717) is 18.3 Å². The van der Waals surface area contributed by atoms with Crippen LogP contribution < -0.4 is 9.46 Å². The van der Waals surface area contributed by atoms with Crippen LogP contribution in [0.4, 0.5) is 5.69 Å². The zero-order chi connectivity index (χ0) is 21.7. The Morgan fingerprint density at radius 1 is 1.19 bits per heavy atom. The first-order chi connectivity index (χ1) is 15.0. The van der Waals surface area contributed by atoms with Gasteiger partial charge in [0.1, 0.15) is 10.6 Å². The van der Waals surface area contributed by atoms with Gasteiger partial charge in [-0.1, -0.05) is 0 Å². The summed E-state index contributed by atoms with van der Waals surface area (Å²) in [4.78, 5) is 6.47. The molecule has 1 saturated heterocycles. The van der Waals surface area contributed by atoms with Crippen LogP contribution in [0.15, 0.2) is 66.1 Å². The van der Waals surface area contributed by atoms with Crippen LogP contribution in [0.5, 0.6) is 5.75 Å². The fourth-order valence-electron chi connectivity index (χ4n) is 3.71. The highest BCUT2D eigenvalue weighted by atomic mass is 32.2. The summed E-state index contributed by atoms with van der Waals surface area (Å²) >= 11 is 0. The van der Waals surface area contributed by atoms with Gasteiger partial charge >= 0.3 is 0 Å². The molecule has 9 heteroatoms. The van der Waals surface area contributed by atoms with E-state index in [1.165, 1.54) is 44.0 Å². The second kappa shape index (κ2) is 9.49. The molecule has 1 atom stereocenters. The van der Waals surface area contributed by atoms with Crippen molar-refractivity contribution in [2.24, 2.45) is 0 Å². The molecule has 0 bridgehead atoms. The third-order valence-electron chi connectivity index (χ3n) is 5.43. The second-order valence-electron chi connectivity index (χ2n) is 7.69. The fourth-order valence-corrected chi connectivity index (χ4v) is 4.71. The van der Waals surface area contributed by atoms with Gasteiger partial charge in [-0.2, -0.15) is 5.10 Å². The van der Waals surface area contributed by atoms with Crippen LogP contribution in [0, 0.1) is 0 Å². The number of anilines is 1. The Labute approximate surface area is 182 Å². The molecule has 0 radical (unpaired) electrons. The predicted octanol–water partition coefficient (Wildman–Crippen LogP) is 3.32. The molecule has 1 N–H and O–H groups in total. The molecular formula is C22H27N5O3S. The van der Waals surface area contributed by atoms with Crippen molar-refractivity contribution in [2.45, 2.75) is 37.1 Å². The minimum absolute atomic E-state index is 0.100. The molecule has 1 aromatic carbocycles. The Bertz CT molecular complexity index is 1080. The maximum atomic E-state index is 12.4. The lowest BCUT2D eigenvalue weighted by Crippen LogP contribution is -2.28. The highest BCUT2D eigenvalue weighted by Gasteiger charge is 2.19. The van der Waals surface area contributed by atoms with Crippen molar-refractivity contribution in [3.8, 4) is 11.4 Å². The Hall–Kier alpha value is -2.91. The number of likely N-dealkylation sites (tertiary alicyclic amines) is 1. The molecule has 3 heterocycles. The first kappa shape index (κ1) is 21.3. The van der Waals surface area contributed by atoms with Gasteiger partial charge < -0.3 is 9.64 Å². The lowest BCUT2D eigenvalue weighted by molar-refractivity contribution is 0.230. The normalized spacial score (nSPS) is 17.0. The highest BCUT2D eigenvalue weighted by Crippen LogP contribution is 2.20. The number of sulfonamides is 1. The topological polar surface area (TPSA) is 89.4 Å². The summed E-state index contributed by atoms with van der Waals surface area (Å²) in [6, 6.07) is 11.3. The Balaban J connectivity index is 1.31. The van der Waals surface area contributed by atoms with Crippen molar-refractivity contribution >= 4 is 15.7 Å². The molecule has 2 aromatic heterocycles. The maximum absolute atomic E-state index is 12.4. The van der Waals surface area contributed by atoms with E-state index in [-0.39, 0.29) is 4.90 Å². The van der Waals surface area contributed by atoms with E-state index >= 15 is 0 Å². The number of nitrogens with zero attached hydrogens (tertiary/aromatic N) is 4. The van der Waals surface area contributed by atoms with Gasteiger partial charge in [0.05, 0.1) is 30.4 Å². The average Bonchev–Trinajstić information content (AvgIpc) is 3.41. The van der Waals surface area contributed by atoms with Gasteiger partial charge in [0.25, 0.3) is 10.0 Å². The lowest BCUT2D eigenvalue weighted by atomic mass is 10.2. The quantitative estimate of drug-likeness (QED) is 0.513. The van der Waals surface area contributed by atoms with Gasteiger partial charge in [-0.3, -0.25) is 9.71 Å². The van der Waals surface area contributed by atoms with Crippen LogP contribution in [0.3, 0.4) is 0 Å². The zero-order valence-electron chi connectivity index (χ0n) is 17.5. The lowest BCUT2D eigenvalue weighted by Gasteiger charge is -2.20. The zero-order valence-corrected chi connectivity index (χ0v) is 18.3. The Morgan fingerprint density at radius 2 is 2.03 bits per heavy atom. The summed E-state index contributed by atoms with van der Waals surface area (Å²) in [5, 5.41) is 4.25. The molecule has 1 fully saturated rings. The van der Waals surface area contributed by atoms with Gasteiger partial charge in [0.15, 0.2) is 0 Å². The maximum Gasteiger partial charge on any atom is 0.263 e. The molecule has 4 rings (SSSR count). The molecule has 164 valence electrons. The monoisotopic (exact) mass is 441 g/mol. The fraction of sp³-hybridized carbons (Fsp3) is 0.364. The molecule has 3 aromatic rings. The molecule has 0 unspecified atom stereocenters. The van der Waals surface area contributed by atoms with E-state index in [2.05, 4.69) is 26.6 Å². The molecule has 1 aliphatic rings. The summed E-state index contributed by atoms with van der Waals surface area (Å²) in [5.41, 5.74) is 1.19. The van der Waals surface area contributed by atoms with Crippen LogP contribution in [0.2, 0.25) is 0 Å². The molecule has 8 nitrogen and oxygen atoms in total. The average molecular weight is 442 g/mol. The van der Waals surface area contributed by atoms with Crippen LogP contribution in [-0.2, 0) is 10.0 Å². The summed E-state index contributed by atoms with van der Waals surface area (Å²) in [6.07, 6.45) is 9.52. The summed E-state index contributed by atoms with van der Waals surface area (Å²) in [7, 11) is -3.70. The highest BCUT2D eigenvalue weighted by molar-refractivity contribution is 7.92. The number of rotatable bonds is 9. The van der Waals surface area contributed by atoms with E-state index < -0.39 is 10.0 Å². The number of hydrogen-bond acceptors (Lipinski definition) is 6. The number of hydrogen-bond donors (Lipinski definition) is 1. The van der Waals surface area contributed by atoms with Crippen LogP contribution in [0.25, 0.3) is 5.69 Å². The summed E-state index contributed by atoms with van der Waals surface area (Å²) in [6.45, 7) is 5.24. The number of ether oxygens (including phenoxy) is 1. The first-order valence-corrected chi connectivity index (χ1v) is 11.9. The number of aromatic nitrogens is 3.